The molecular weight excluding hydrogens is 198 g/mol. The second-order valence-corrected chi connectivity index (χ2v) is 3.24. The lowest BCUT2D eigenvalue weighted by Crippen LogP contribution is -2.10. The normalized spacial score (nSPS) is 20.1. The van der Waals surface area contributed by atoms with Gasteiger partial charge in [0.05, 0.1) is 6.61 Å². The van der Waals surface area contributed by atoms with Gasteiger partial charge in [-0.3, -0.25) is 5.10 Å². The molecule has 6 nitrogen and oxygen atoms in total. The van der Waals surface area contributed by atoms with Crippen molar-refractivity contribution in [1.29, 1.82) is 0 Å². The van der Waals surface area contributed by atoms with Gasteiger partial charge in [0, 0.05) is 5.57 Å². The maximum absolute atomic E-state index is 11.4. The Morgan fingerprint density at radius 3 is 3.27 bits per heavy atom. The summed E-state index contributed by atoms with van der Waals surface area (Å²) in [6, 6.07) is 0. The Morgan fingerprint density at radius 2 is 2.67 bits per heavy atom. The fourth-order valence-electron chi connectivity index (χ4n) is 0.988. The number of aromatic nitrogens is 3. The van der Waals surface area contributed by atoms with Gasteiger partial charge in [0.1, 0.15) is 19.0 Å². The van der Waals surface area contributed by atoms with Gasteiger partial charge >= 0.3 is 5.97 Å². The first-order valence-corrected chi connectivity index (χ1v) is 4.58. The van der Waals surface area contributed by atoms with Gasteiger partial charge < -0.3 is 9.47 Å². The van der Waals surface area contributed by atoms with Crippen LogP contribution >= 0.6 is 0 Å². The topological polar surface area (TPSA) is 80.4 Å². The molecular formula is C9H11N3O3. The largest absolute Gasteiger partial charge is 0.459 e. The molecule has 0 aliphatic carbocycles. The Morgan fingerprint density at radius 1 is 1.87 bits per heavy atom. The second kappa shape index (κ2) is 4.22. The number of hydrogen-bond acceptors (Lipinski definition) is 5. The molecule has 6 heteroatoms. The zero-order valence-corrected chi connectivity index (χ0v) is 8.27. The summed E-state index contributed by atoms with van der Waals surface area (Å²) in [5, 5.41) is 6.36. The quantitative estimate of drug-likeness (QED) is 0.433. The molecule has 0 radical (unpaired) electrons. The number of esters is 1. The van der Waals surface area contributed by atoms with E-state index in [4.69, 9.17) is 9.47 Å². The summed E-state index contributed by atoms with van der Waals surface area (Å²) in [4.78, 5) is 15.3. The predicted molar refractivity (Wildman–Crippen MR) is 50.7 cm³/mol. The number of H-pyrrole nitrogens is 1. The molecule has 2 heterocycles. The van der Waals surface area contributed by atoms with Crippen LogP contribution in [0, 0.1) is 0 Å². The number of aromatic amines is 1. The summed E-state index contributed by atoms with van der Waals surface area (Å²) >= 11 is 0. The van der Waals surface area contributed by atoms with E-state index in [2.05, 4.69) is 15.2 Å². The van der Waals surface area contributed by atoms with Crippen molar-refractivity contribution in [3.63, 3.8) is 0 Å². The van der Waals surface area contributed by atoms with E-state index < -0.39 is 0 Å². The third-order valence-corrected chi connectivity index (χ3v) is 1.90. The zero-order chi connectivity index (χ0) is 10.7. The number of hydrogen-bond donors (Lipinski definition) is 1. The van der Waals surface area contributed by atoms with E-state index in [1.54, 1.807) is 13.0 Å². The van der Waals surface area contributed by atoms with E-state index in [0.29, 0.717) is 24.6 Å². The molecule has 1 atom stereocenters. The smallest absolute Gasteiger partial charge is 0.333 e. The van der Waals surface area contributed by atoms with E-state index in [1.807, 2.05) is 0 Å². The molecule has 0 saturated carbocycles. The van der Waals surface area contributed by atoms with Gasteiger partial charge in [0.15, 0.2) is 5.82 Å². The van der Waals surface area contributed by atoms with Crippen LogP contribution in [0.25, 0.3) is 6.08 Å². The Hall–Kier alpha value is -1.69. The number of rotatable bonds is 4. The highest BCUT2D eigenvalue weighted by molar-refractivity contribution is 5.92. The van der Waals surface area contributed by atoms with Crippen molar-refractivity contribution in [1.82, 2.24) is 15.2 Å². The molecule has 1 aliphatic rings. The fourth-order valence-corrected chi connectivity index (χ4v) is 0.988. The Kier molecular flexibility index (Phi) is 2.77. The van der Waals surface area contributed by atoms with E-state index in [1.165, 1.54) is 6.33 Å². The van der Waals surface area contributed by atoms with E-state index in [0.717, 1.165) is 0 Å². The van der Waals surface area contributed by atoms with Crippen LogP contribution in [0.3, 0.4) is 0 Å². The van der Waals surface area contributed by atoms with Crippen LogP contribution in [-0.2, 0) is 14.3 Å². The molecule has 0 aromatic carbocycles. The molecule has 0 amide bonds. The number of carbonyl (C=O) groups excluding carboxylic acids is 1. The maximum atomic E-state index is 11.4. The van der Waals surface area contributed by atoms with Crippen molar-refractivity contribution >= 4 is 12.0 Å². The third-order valence-electron chi connectivity index (χ3n) is 1.90. The molecule has 1 N–H and O–H groups in total. The van der Waals surface area contributed by atoms with Crippen molar-refractivity contribution in [2.24, 2.45) is 0 Å². The van der Waals surface area contributed by atoms with Crippen LogP contribution in [0.1, 0.15) is 12.7 Å². The van der Waals surface area contributed by atoms with E-state index in [-0.39, 0.29) is 12.1 Å². The standard InChI is InChI=1S/C9H11N3O3/c1-6(2-8-10-5-11-12-8)9(13)15-4-7-3-14-7/h2,5,7H,3-4H2,1H3,(H,10,11,12). The first-order valence-electron chi connectivity index (χ1n) is 4.58. The Balaban J connectivity index is 1.88. The first-order chi connectivity index (χ1) is 7.25. The van der Waals surface area contributed by atoms with Crippen LogP contribution in [0.15, 0.2) is 11.9 Å². The van der Waals surface area contributed by atoms with Crippen molar-refractivity contribution in [3.05, 3.63) is 17.7 Å². The molecule has 1 aromatic heterocycles. The minimum absolute atomic E-state index is 0.0882. The summed E-state index contributed by atoms with van der Waals surface area (Å²) in [6.45, 7) is 2.65. The Bertz CT molecular complexity index is 368. The van der Waals surface area contributed by atoms with Crippen LogP contribution in [0.4, 0.5) is 0 Å². The molecule has 80 valence electrons. The van der Waals surface area contributed by atoms with E-state index >= 15 is 0 Å². The number of nitrogens with zero attached hydrogens (tertiary/aromatic N) is 2. The van der Waals surface area contributed by atoms with Gasteiger partial charge in [-0.05, 0) is 13.0 Å². The highest BCUT2D eigenvalue weighted by atomic mass is 16.6. The predicted octanol–water partition coefficient (Wildman–Crippen LogP) is 0.150. The van der Waals surface area contributed by atoms with Crippen molar-refractivity contribution in [3.8, 4) is 0 Å². The fraction of sp³-hybridized carbons (Fsp3) is 0.444. The van der Waals surface area contributed by atoms with Crippen molar-refractivity contribution < 1.29 is 14.3 Å². The number of epoxide rings is 1. The lowest BCUT2D eigenvalue weighted by Gasteiger charge is -2.01. The summed E-state index contributed by atoms with van der Waals surface area (Å²) in [5.74, 6) is 0.0995. The lowest BCUT2D eigenvalue weighted by atomic mass is 10.3. The maximum Gasteiger partial charge on any atom is 0.333 e. The summed E-state index contributed by atoms with van der Waals surface area (Å²) in [5.41, 5.74) is 0.468. The molecule has 2 rings (SSSR count). The van der Waals surface area contributed by atoms with Crippen LogP contribution in [0.5, 0.6) is 0 Å². The van der Waals surface area contributed by atoms with Crippen LogP contribution in [-0.4, -0.2) is 40.5 Å². The number of nitrogens with one attached hydrogen (secondary N) is 1. The highest BCUT2D eigenvalue weighted by Gasteiger charge is 2.24. The van der Waals surface area contributed by atoms with Crippen molar-refractivity contribution in [2.75, 3.05) is 13.2 Å². The monoisotopic (exact) mass is 209 g/mol. The number of ether oxygens (including phenoxy) is 2. The van der Waals surface area contributed by atoms with Gasteiger partial charge in [-0.15, -0.1) is 0 Å². The van der Waals surface area contributed by atoms with Gasteiger partial charge in [-0.1, -0.05) is 0 Å². The molecule has 0 bridgehead atoms. The summed E-state index contributed by atoms with van der Waals surface area (Å²) in [7, 11) is 0. The zero-order valence-electron chi connectivity index (χ0n) is 8.27. The second-order valence-electron chi connectivity index (χ2n) is 3.24. The molecule has 1 saturated heterocycles. The molecule has 1 aromatic rings. The minimum Gasteiger partial charge on any atom is -0.459 e. The molecule has 0 spiro atoms. The molecule has 1 fully saturated rings. The van der Waals surface area contributed by atoms with Crippen LogP contribution in [0.2, 0.25) is 0 Å². The average Bonchev–Trinajstić information content (AvgIpc) is 2.92. The molecule has 1 unspecified atom stereocenters. The first kappa shape index (κ1) is 9.85. The minimum atomic E-state index is -0.365. The summed E-state index contributed by atoms with van der Waals surface area (Å²) in [6.07, 6.45) is 3.10. The number of carbonyl (C=O) groups is 1. The molecule has 15 heavy (non-hydrogen) atoms. The highest BCUT2D eigenvalue weighted by Crippen LogP contribution is 2.10. The van der Waals surface area contributed by atoms with Gasteiger partial charge in [-0.2, -0.15) is 5.10 Å². The van der Waals surface area contributed by atoms with Crippen LogP contribution < -0.4 is 0 Å². The van der Waals surface area contributed by atoms with Crippen molar-refractivity contribution in [2.45, 2.75) is 13.0 Å². The van der Waals surface area contributed by atoms with Gasteiger partial charge in [0.25, 0.3) is 0 Å². The van der Waals surface area contributed by atoms with Gasteiger partial charge in [-0.25, -0.2) is 9.78 Å². The van der Waals surface area contributed by atoms with Gasteiger partial charge in [0.2, 0.25) is 0 Å². The average molecular weight is 209 g/mol. The molecule has 1 aliphatic heterocycles. The summed E-state index contributed by atoms with van der Waals surface area (Å²) < 4.78 is 9.90. The SMILES string of the molecule is CC(=Cc1nc[nH]n1)C(=O)OCC1CO1. The Labute approximate surface area is 86.3 Å². The lowest BCUT2D eigenvalue weighted by molar-refractivity contribution is -0.139. The van der Waals surface area contributed by atoms with E-state index in [9.17, 15) is 4.79 Å². The third kappa shape index (κ3) is 2.88.